The van der Waals surface area contributed by atoms with E-state index in [1.165, 1.54) is 6.20 Å². The molecule has 3 saturated heterocycles. The highest BCUT2D eigenvalue weighted by Crippen LogP contribution is 2.49. The summed E-state index contributed by atoms with van der Waals surface area (Å²) in [5.41, 5.74) is 0.876. The summed E-state index contributed by atoms with van der Waals surface area (Å²) in [5, 5.41) is 0. The van der Waals surface area contributed by atoms with Gasteiger partial charge in [-0.05, 0) is 36.6 Å². The van der Waals surface area contributed by atoms with E-state index in [4.69, 9.17) is 0 Å². The van der Waals surface area contributed by atoms with Crippen LogP contribution < -0.4 is 0 Å². The van der Waals surface area contributed by atoms with Crippen LogP contribution in [0.15, 0.2) is 53.9 Å². The lowest BCUT2D eigenvalue weighted by Crippen LogP contribution is -2.56. The summed E-state index contributed by atoms with van der Waals surface area (Å²) in [6, 6.07) is 7.22. The van der Waals surface area contributed by atoms with Crippen molar-refractivity contribution in [1.82, 2.24) is 24.1 Å². The van der Waals surface area contributed by atoms with Crippen LogP contribution in [0.5, 0.6) is 0 Å². The summed E-state index contributed by atoms with van der Waals surface area (Å²) in [6.07, 6.45) is 7.94. The molecule has 0 unspecified atom stereocenters. The van der Waals surface area contributed by atoms with Crippen LogP contribution in [0.1, 0.15) is 18.4 Å². The Labute approximate surface area is 182 Å². The number of carbonyl (C=O) groups is 1. The molecule has 3 fully saturated rings. The Hall–Kier alpha value is -2.36. The Morgan fingerprint density at radius 2 is 1.77 bits per heavy atom. The molecule has 0 bridgehead atoms. The van der Waals surface area contributed by atoms with Crippen LogP contribution >= 0.6 is 0 Å². The number of sulfonamides is 1. The number of fused-ring (bicyclic) bond motifs is 2. The van der Waals surface area contributed by atoms with E-state index in [2.05, 4.69) is 20.9 Å². The normalized spacial score (nSPS) is 26.5. The molecule has 3 aliphatic rings. The minimum Gasteiger partial charge on any atom is -0.339 e. The molecule has 1 spiro atoms. The van der Waals surface area contributed by atoms with Crippen molar-refractivity contribution in [1.29, 1.82) is 0 Å². The maximum Gasteiger partial charge on any atom is 0.244 e. The molecule has 8 nitrogen and oxygen atoms in total. The zero-order valence-electron chi connectivity index (χ0n) is 17.6. The van der Waals surface area contributed by atoms with Crippen molar-refractivity contribution in [2.75, 3.05) is 33.2 Å². The van der Waals surface area contributed by atoms with Gasteiger partial charge in [-0.25, -0.2) is 8.42 Å². The lowest BCUT2D eigenvalue weighted by atomic mass is 9.75. The molecule has 9 heteroatoms. The molecule has 2 aromatic heterocycles. The van der Waals surface area contributed by atoms with E-state index >= 15 is 0 Å². The number of piperidine rings is 1. The molecular weight excluding hydrogens is 414 g/mol. The number of hydrogen-bond acceptors (Lipinski definition) is 6. The maximum atomic E-state index is 13.1. The van der Waals surface area contributed by atoms with Gasteiger partial charge in [0.05, 0.1) is 5.92 Å². The number of amides is 1. The van der Waals surface area contributed by atoms with Gasteiger partial charge < -0.3 is 4.90 Å². The molecular formula is C22H27N5O3S. The van der Waals surface area contributed by atoms with E-state index in [-0.39, 0.29) is 28.2 Å². The molecule has 2 atom stereocenters. The smallest absolute Gasteiger partial charge is 0.244 e. The lowest BCUT2D eigenvalue weighted by Gasteiger charge is -2.46. The zero-order valence-corrected chi connectivity index (χ0v) is 18.4. The molecule has 0 aromatic carbocycles. The van der Waals surface area contributed by atoms with Crippen molar-refractivity contribution in [2.24, 2.45) is 11.8 Å². The van der Waals surface area contributed by atoms with E-state index in [0.29, 0.717) is 25.9 Å². The Balaban J connectivity index is 1.33. The third-order valence-electron chi connectivity index (χ3n) is 7.39. The molecule has 1 amide bonds. The van der Waals surface area contributed by atoms with Gasteiger partial charge in [0.15, 0.2) is 0 Å². The lowest BCUT2D eigenvalue weighted by molar-refractivity contribution is -0.133. The van der Waals surface area contributed by atoms with Crippen molar-refractivity contribution < 1.29 is 13.2 Å². The van der Waals surface area contributed by atoms with Crippen molar-refractivity contribution in [3.8, 4) is 0 Å². The van der Waals surface area contributed by atoms with Crippen molar-refractivity contribution >= 4 is 15.9 Å². The second-order valence-electron chi connectivity index (χ2n) is 8.86. The largest absolute Gasteiger partial charge is 0.339 e. The molecule has 3 aliphatic heterocycles. The first kappa shape index (κ1) is 20.5. The number of rotatable bonds is 4. The SMILES string of the molecule is CN1C(=O)[C@H]2CN(Cc3cccnc3)C[C@H]2C12CCN(S(=O)(=O)c1cccnc1)CC2. The van der Waals surface area contributed by atoms with E-state index < -0.39 is 10.0 Å². The first-order valence-corrected chi connectivity index (χ1v) is 12.1. The molecule has 0 aliphatic carbocycles. The van der Waals surface area contributed by atoms with Crippen LogP contribution in [-0.4, -0.2) is 77.2 Å². The van der Waals surface area contributed by atoms with Gasteiger partial charge in [-0.15, -0.1) is 0 Å². The van der Waals surface area contributed by atoms with Crippen LogP contribution in [0.2, 0.25) is 0 Å². The van der Waals surface area contributed by atoms with Crippen LogP contribution in [0.3, 0.4) is 0 Å². The van der Waals surface area contributed by atoms with Crippen molar-refractivity contribution in [2.45, 2.75) is 29.8 Å². The quantitative estimate of drug-likeness (QED) is 0.709. The number of pyridine rings is 2. The highest BCUT2D eigenvalue weighted by Gasteiger charge is 2.60. The predicted molar refractivity (Wildman–Crippen MR) is 114 cm³/mol. The minimum absolute atomic E-state index is 0.0110. The first-order valence-electron chi connectivity index (χ1n) is 10.7. The van der Waals surface area contributed by atoms with E-state index in [0.717, 1.165) is 25.2 Å². The summed E-state index contributed by atoms with van der Waals surface area (Å²) in [5.74, 6) is 0.412. The van der Waals surface area contributed by atoms with Crippen LogP contribution in [0.25, 0.3) is 0 Å². The second-order valence-corrected chi connectivity index (χ2v) is 10.8. The predicted octanol–water partition coefficient (Wildman–Crippen LogP) is 1.22. The zero-order chi connectivity index (χ0) is 21.6. The number of carbonyl (C=O) groups excluding carboxylic acids is 1. The monoisotopic (exact) mass is 441 g/mol. The van der Waals surface area contributed by atoms with E-state index in [9.17, 15) is 13.2 Å². The Kier molecular flexibility index (Phi) is 5.07. The molecule has 0 N–H and O–H groups in total. The minimum atomic E-state index is -3.56. The molecule has 164 valence electrons. The fourth-order valence-corrected chi connectivity index (χ4v) is 7.15. The van der Waals surface area contributed by atoms with Gasteiger partial charge in [0, 0.05) is 76.0 Å². The number of aromatic nitrogens is 2. The van der Waals surface area contributed by atoms with Gasteiger partial charge in [0.25, 0.3) is 0 Å². The van der Waals surface area contributed by atoms with Crippen molar-refractivity contribution in [3.05, 3.63) is 54.6 Å². The number of likely N-dealkylation sites (tertiary alicyclic amines) is 2. The third-order valence-corrected chi connectivity index (χ3v) is 9.27. The summed E-state index contributed by atoms with van der Waals surface area (Å²) in [4.78, 5) is 25.8. The summed E-state index contributed by atoms with van der Waals surface area (Å²) >= 11 is 0. The molecule has 31 heavy (non-hydrogen) atoms. The molecule has 5 rings (SSSR count). The number of nitrogens with zero attached hydrogens (tertiary/aromatic N) is 5. The van der Waals surface area contributed by atoms with Gasteiger partial charge in [0.1, 0.15) is 4.90 Å². The highest BCUT2D eigenvalue weighted by molar-refractivity contribution is 7.89. The average molecular weight is 442 g/mol. The summed E-state index contributed by atoms with van der Waals surface area (Å²) < 4.78 is 27.6. The Morgan fingerprint density at radius 1 is 1.06 bits per heavy atom. The van der Waals surface area contributed by atoms with Gasteiger partial charge >= 0.3 is 0 Å². The highest BCUT2D eigenvalue weighted by atomic mass is 32.2. The molecule has 5 heterocycles. The summed E-state index contributed by atoms with van der Waals surface area (Å²) in [6.45, 7) is 3.23. The van der Waals surface area contributed by atoms with Gasteiger partial charge in [-0.2, -0.15) is 4.31 Å². The van der Waals surface area contributed by atoms with Gasteiger partial charge in [-0.3, -0.25) is 19.7 Å². The number of hydrogen-bond donors (Lipinski definition) is 0. The fraction of sp³-hybridized carbons (Fsp3) is 0.500. The van der Waals surface area contributed by atoms with E-state index in [1.807, 2.05) is 24.2 Å². The molecule has 0 saturated carbocycles. The van der Waals surface area contributed by atoms with Crippen LogP contribution in [0, 0.1) is 11.8 Å². The third kappa shape index (κ3) is 3.35. The van der Waals surface area contributed by atoms with E-state index in [1.54, 1.807) is 28.8 Å². The Bertz CT molecular complexity index is 1060. The fourth-order valence-electron chi connectivity index (χ4n) is 5.74. The van der Waals surface area contributed by atoms with Crippen LogP contribution in [-0.2, 0) is 21.4 Å². The first-order chi connectivity index (χ1) is 14.9. The van der Waals surface area contributed by atoms with Crippen LogP contribution in [0.4, 0.5) is 0 Å². The van der Waals surface area contributed by atoms with Gasteiger partial charge in [-0.1, -0.05) is 6.07 Å². The topological polar surface area (TPSA) is 86.7 Å². The van der Waals surface area contributed by atoms with Gasteiger partial charge in [0.2, 0.25) is 15.9 Å². The second kappa shape index (κ2) is 7.65. The standard InChI is InChI=1S/C22H27N5O3S/c1-25-21(28)19-15-26(14-17-4-2-8-23-12-17)16-20(19)22(25)6-10-27(11-7-22)31(29,30)18-5-3-9-24-13-18/h2-5,8-9,12-13,19-20H,6-7,10-11,14-16H2,1H3/t19-,20+/m0/s1. The molecule has 2 aromatic rings. The average Bonchev–Trinajstić information content (AvgIpc) is 3.30. The Morgan fingerprint density at radius 3 is 2.42 bits per heavy atom. The summed E-state index contributed by atoms with van der Waals surface area (Å²) in [7, 11) is -1.66. The molecule has 0 radical (unpaired) electrons. The van der Waals surface area contributed by atoms with Crippen molar-refractivity contribution in [3.63, 3.8) is 0 Å². The maximum absolute atomic E-state index is 13.1.